The highest BCUT2D eigenvalue weighted by Crippen LogP contribution is 2.71. The van der Waals surface area contributed by atoms with E-state index in [1.54, 1.807) is 17.2 Å². The molecule has 6 rings (SSSR count). The van der Waals surface area contributed by atoms with E-state index in [1.807, 2.05) is 6.92 Å². The van der Waals surface area contributed by atoms with Crippen LogP contribution in [-0.4, -0.2) is 54.5 Å². The van der Waals surface area contributed by atoms with Crippen molar-refractivity contribution in [2.24, 2.45) is 11.3 Å². The molecular weight excluding hydrogens is 456 g/mol. The first kappa shape index (κ1) is 21.0. The van der Waals surface area contributed by atoms with Crippen molar-refractivity contribution in [2.75, 3.05) is 6.54 Å². The summed E-state index contributed by atoms with van der Waals surface area (Å²) in [4.78, 5) is 24.5. The minimum atomic E-state index is -4.70. The molecule has 176 valence electrons. The van der Waals surface area contributed by atoms with Crippen molar-refractivity contribution in [1.29, 1.82) is 0 Å². The van der Waals surface area contributed by atoms with Gasteiger partial charge in [0.15, 0.2) is 11.6 Å². The Morgan fingerprint density at radius 3 is 2.62 bits per heavy atom. The standard InChI is InChI=1S/C22H18F4N6O2/c1-11-4-14(18(27-8-11)32-29-2-3-30-32)20(33)31-10-13-6-21(13)7-16(17(21)31)34-19-15(23)5-12(9-28-19)22(24,25)26/h2-5,8-9,13,16-17H,6-7,10H2,1H3. The van der Waals surface area contributed by atoms with E-state index in [-0.39, 0.29) is 17.4 Å². The van der Waals surface area contributed by atoms with Crippen LogP contribution in [0, 0.1) is 24.1 Å². The number of nitrogens with zero attached hydrogens (tertiary/aromatic N) is 6. The highest BCUT2D eigenvalue weighted by Gasteiger charge is 2.76. The third-order valence-corrected chi connectivity index (χ3v) is 7.06. The molecule has 1 amide bonds. The molecule has 8 nitrogen and oxygen atoms in total. The van der Waals surface area contributed by atoms with E-state index in [0.29, 0.717) is 42.5 Å². The summed E-state index contributed by atoms with van der Waals surface area (Å²) < 4.78 is 58.5. The second kappa shape index (κ2) is 6.97. The Balaban J connectivity index is 1.28. The molecule has 0 N–H and O–H groups in total. The molecule has 34 heavy (non-hydrogen) atoms. The van der Waals surface area contributed by atoms with Gasteiger partial charge in [0, 0.05) is 24.4 Å². The number of likely N-dealkylation sites (tertiary alicyclic amines) is 1. The van der Waals surface area contributed by atoms with Gasteiger partial charge in [0.05, 0.1) is 29.6 Å². The van der Waals surface area contributed by atoms with Crippen molar-refractivity contribution in [3.8, 4) is 11.7 Å². The van der Waals surface area contributed by atoms with Crippen molar-refractivity contribution in [1.82, 2.24) is 29.9 Å². The van der Waals surface area contributed by atoms with Gasteiger partial charge in [-0.05, 0) is 43.4 Å². The zero-order valence-corrected chi connectivity index (χ0v) is 17.8. The summed E-state index contributed by atoms with van der Waals surface area (Å²) >= 11 is 0. The molecule has 4 atom stereocenters. The molecule has 2 aliphatic carbocycles. The van der Waals surface area contributed by atoms with Crippen molar-refractivity contribution in [2.45, 2.75) is 38.1 Å². The minimum Gasteiger partial charge on any atom is -0.470 e. The first-order valence-electron chi connectivity index (χ1n) is 10.7. The molecule has 1 aliphatic heterocycles. The third kappa shape index (κ3) is 3.07. The fourth-order valence-electron chi connectivity index (χ4n) is 5.42. The summed E-state index contributed by atoms with van der Waals surface area (Å²) in [6, 6.07) is 1.76. The molecule has 12 heteroatoms. The van der Waals surface area contributed by atoms with Crippen molar-refractivity contribution >= 4 is 5.91 Å². The van der Waals surface area contributed by atoms with Crippen LogP contribution in [-0.2, 0) is 6.18 Å². The predicted octanol–water partition coefficient (Wildman–Crippen LogP) is 3.21. The topological polar surface area (TPSA) is 86.0 Å². The van der Waals surface area contributed by atoms with Crippen LogP contribution in [0.4, 0.5) is 17.6 Å². The van der Waals surface area contributed by atoms with Gasteiger partial charge >= 0.3 is 6.18 Å². The van der Waals surface area contributed by atoms with Crippen LogP contribution in [0.2, 0.25) is 0 Å². The van der Waals surface area contributed by atoms with Gasteiger partial charge in [-0.15, -0.1) is 4.80 Å². The highest BCUT2D eigenvalue weighted by molar-refractivity contribution is 5.98. The number of piperidine rings is 1. The SMILES string of the molecule is Cc1cnc(-n2nccn2)c(C(=O)N2CC3CC34CC(Oc3ncc(C(F)(F)F)cc3F)C24)c1. The minimum absolute atomic E-state index is 0.0932. The number of amides is 1. The second-order valence-electron chi connectivity index (χ2n) is 9.11. The van der Waals surface area contributed by atoms with E-state index in [2.05, 4.69) is 20.2 Å². The summed E-state index contributed by atoms with van der Waals surface area (Å²) in [6.07, 6.45) is 1.39. The summed E-state index contributed by atoms with van der Waals surface area (Å²) in [7, 11) is 0. The number of ether oxygens (including phenoxy) is 1. The zero-order chi connectivity index (χ0) is 23.8. The van der Waals surface area contributed by atoms with Crippen LogP contribution in [0.15, 0.2) is 36.9 Å². The van der Waals surface area contributed by atoms with Gasteiger partial charge in [0.1, 0.15) is 6.10 Å². The molecule has 3 aliphatic rings. The Morgan fingerprint density at radius 1 is 1.15 bits per heavy atom. The van der Waals surface area contributed by atoms with E-state index in [4.69, 9.17) is 4.74 Å². The Labute approximate surface area is 190 Å². The lowest BCUT2D eigenvalue weighted by Gasteiger charge is -2.47. The molecule has 0 radical (unpaired) electrons. The summed E-state index contributed by atoms with van der Waals surface area (Å²) in [6.45, 7) is 2.34. The summed E-state index contributed by atoms with van der Waals surface area (Å²) in [5.74, 6) is -1.34. The van der Waals surface area contributed by atoms with E-state index in [1.165, 1.54) is 17.2 Å². The molecule has 0 bridgehead atoms. The van der Waals surface area contributed by atoms with Gasteiger partial charge in [0.2, 0.25) is 0 Å². The maximum atomic E-state index is 14.3. The van der Waals surface area contributed by atoms with Gasteiger partial charge < -0.3 is 9.64 Å². The maximum Gasteiger partial charge on any atom is 0.417 e. The molecule has 1 saturated heterocycles. The molecule has 2 saturated carbocycles. The number of pyridine rings is 2. The lowest BCUT2D eigenvalue weighted by molar-refractivity contribution is -0.138. The van der Waals surface area contributed by atoms with Gasteiger partial charge in [-0.3, -0.25) is 4.79 Å². The van der Waals surface area contributed by atoms with Crippen LogP contribution in [0.25, 0.3) is 5.82 Å². The number of aromatic nitrogens is 5. The molecular formula is C22H18F4N6O2. The maximum absolute atomic E-state index is 14.3. The van der Waals surface area contributed by atoms with E-state index in [0.717, 1.165) is 12.0 Å². The Kier molecular flexibility index (Phi) is 4.30. The van der Waals surface area contributed by atoms with Crippen molar-refractivity contribution in [3.05, 3.63) is 59.4 Å². The van der Waals surface area contributed by atoms with Crippen molar-refractivity contribution in [3.63, 3.8) is 0 Å². The second-order valence-corrected chi connectivity index (χ2v) is 9.11. The summed E-state index contributed by atoms with van der Waals surface area (Å²) in [5, 5.41) is 8.16. The number of aryl methyl sites for hydroxylation is 1. The number of hydrogen-bond donors (Lipinski definition) is 0. The Bertz CT molecular complexity index is 1300. The van der Waals surface area contributed by atoms with Gasteiger partial charge in [-0.2, -0.15) is 23.4 Å². The van der Waals surface area contributed by atoms with Crippen LogP contribution in [0.5, 0.6) is 5.88 Å². The fourth-order valence-corrected chi connectivity index (χ4v) is 5.42. The first-order valence-corrected chi connectivity index (χ1v) is 10.7. The van der Waals surface area contributed by atoms with Gasteiger partial charge in [-0.1, -0.05) is 0 Å². The van der Waals surface area contributed by atoms with Crippen molar-refractivity contribution < 1.29 is 27.1 Å². The van der Waals surface area contributed by atoms with Crippen LogP contribution < -0.4 is 4.74 Å². The fraction of sp³-hybridized carbons (Fsp3) is 0.409. The Hall–Kier alpha value is -3.57. The van der Waals surface area contributed by atoms with E-state index >= 15 is 0 Å². The number of carbonyl (C=O) groups is 1. The largest absolute Gasteiger partial charge is 0.470 e. The first-order chi connectivity index (χ1) is 16.2. The van der Waals surface area contributed by atoms with E-state index < -0.39 is 29.5 Å². The quantitative estimate of drug-likeness (QED) is 0.540. The molecule has 0 aromatic carbocycles. The predicted molar refractivity (Wildman–Crippen MR) is 107 cm³/mol. The molecule has 3 aromatic heterocycles. The summed E-state index contributed by atoms with van der Waals surface area (Å²) in [5.41, 5.74) is -0.161. The molecule has 4 unspecified atom stereocenters. The lowest BCUT2D eigenvalue weighted by atomic mass is 9.73. The molecule has 3 fully saturated rings. The molecule has 1 spiro atoms. The van der Waals surface area contributed by atoms with Crippen LogP contribution >= 0.6 is 0 Å². The number of halogens is 4. The highest BCUT2D eigenvalue weighted by atomic mass is 19.4. The molecule has 3 aromatic rings. The Morgan fingerprint density at radius 2 is 1.91 bits per heavy atom. The smallest absolute Gasteiger partial charge is 0.417 e. The number of carbonyl (C=O) groups excluding carboxylic acids is 1. The average molecular weight is 474 g/mol. The van der Waals surface area contributed by atoms with Crippen LogP contribution in [0.3, 0.4) is 0 Å². The monoisotopic (exact) mass is 474 g/mol. The third-order valence-electron chi connectivity index (χ3n) is 7.06. The van der Waals surface area contributed by atoms with E-state index in [9.17, 15) is 22.4 Å². The number of alkyl halides is 3. The average Bonchev–Trinajstić information content (AvgIpc) is 3.14. The van der Waals surface area contributed by atoms with Gasteiger partial charge in [-0.25, -0.2) is 14.4 Å². The number of hydrogen-bond acceptors (Lipinski definition) is 6. The van der Waals surface area contributed by atoms with Crippen LogP contribution in [0.1, 0.15) is 34.3 Å². The van der Waals surface area contributed by atoms with Gasteiger partial charge in [0.25, 0.3) is 11.8 Å². The zero-order valence-electron chi connectivity index (χ0n) is 17.8. The molecule has 4 heterocycles. The lowest BCUT2D eigenvalue weighted by Crippen LogP contribution is -2.59. The normalized spacial score (nSPS) is 27.1. The number of rotatable bonds is 4.